The maximum Gasteiger partial charge on any atom is 0.321 e. The van der Waals surface area contributed by atoms with Gasteiger partial charge in [-0.25, -0.2) is 4.79 Å². The highest BCUT2D eigenvalue weighted by atomic mass is 16.5. The van der Waals surface area contributed by atoms with Crippen LogP contribution in [-0.2, 0) is 4.74 Å². The molecule has 0 saturated carbocycles. The molecule has 1 aliphatic rings. The topological polar surface area (TPSA) is 87.8 Å². The summed E-state index contributed by atoms with van der Waals surface area (Å²) >= 11 is 0. The largest absolute Gasteiger partial charge is 0.399 e. The van der Waals surface area contributed by atoms with Crippen LogP contribution in [0.2, 0.25) is 0 Å². The number of urea groups is 1. The van der Waals surface area contributed by atoms with Gasteiger partial charge in [-0.2, -0.15) is 0 Å². The molecule has 1 aliphatic heterocycles. The smallest absolute Gasteiger partial charge is 0.321 e. The molecule has 4 N–H and O–H groups in total. The number of carbonyl (C=O) groups is 1. The van der Waals surface area contributed by atoms with Crippen LogP contribution < -0.4 is 11.1 Å². The molecule has 0 aromatic heterocycles. The van der Waals surface area contributed by atoms with Crippen molar-refractivity contribution >= 4 is 17.4 Å². The lowest BCUT2D eigenvalue weighted by Crippen LogP contribution is -2.48. The van der Waals surface area contributed by atoms with Gasteiger partial charge in [0, 0.05) is 44.5 Å². The number of anilines is 2. The van der Waals surface area contributed by atoms with Gasteiger partial charge in [-0.1, -0.05) is 0 Å². The molecule has 0 radical (unpaired) electrons. The minimum Gasteiger partial charge on any atom is -0.399 e. The number of rotatable bonds is 3. The Morgan fingerprint density at radius 1 is 1.40 bits per heavy atom. The summed E-state index contributed by atoms with van der Waals surface area (Å²) in [5.74, 6) is 0. The molecule has 110 valence electrons. The van der Waals surface area contributed by atoms with Gasteiger partial charge in [0.15, 0.2) is 0 Å². The second-order valence-corrected chi connectivity index (χ2v) is 5.24. The molecule has 0 unspecified atom stereocenters. The predicted octanol–water partition coefficient (Wildman–Crippen LogP) is 1.27. The van der Waals surface area contributed by atoms with Gasteiger partial charge in [0.2, 0.25) is 0 Å². The van der Waals surface area contributed by atoms with Gasteiger partial charge in [0.1, 0.15) is 0 Å². The predicted molar refractivity (Wildman–Crippen MR) is 77.5 cm³/mol. The molecule has 6 heteroatoms. The van der Waals surface area contributed by atoms with Crippen molar-refractivity contribution in [3.8, 4) is 0 Å². The Balaban J connectivity index is 1.89. The summed E-state index contributed by atoms with van der Waals surface area (Å²) in [6.45, 7) is 1.35. The van der Waals surface area contributed by atoms with E-state index in [0.29, 0.717) is 37.4 Å². The monoisotopic (exact) mass is 279 g/mol. The molecule has 0 bridgehead atoms. The lowest BCUT2D eigenvalue weighted by molar-refractivity contribution is -0.0717. The fraction of sp³-hybridized carbons (Fsp3) is 0.500. The number of likely N-dealkylation sites (N-methyl/N-ethyl adjacent to an activating group) is 1. The number of nitrogen functional groups attached to an aromatic ring is 1. The molecular formula is C14H21N3O3. The number of ether oxygens (including phenoxy) is 1. The average Bonchev–Trinajstić information content (AvgIpc) is 2.41. The van der Waals surface area contributed by atoms with Crippen molar-refractivity contribution in [1.29, 1.82) is 0 Å². The number of aliphatic hydroxyl groups is 1. The number of carbonyl (C=O) groups excluding carboxylic acids is 1. The van der Waals surface area contributed by atoms with E-state index < -0.39 is 5.60 Å². The molecule has 1 heterocycles. The summed E-state index contributed by atoms with van der Waals surface area (Å²) in [5.41, 5.74) is 6.06. The standard InChI is InChI=1S/C14H21N3O3/c1-17(10-14(19)6-8-20-9-7-14)13(18)16-12-4-2-11(15)3-5-12/h2-5,19H,6-10,15H2,1H3,(H,16,18). The number of benzene rings is 1. The highest BCUT2D eigenvalue weighted by Crippen LogP contribution is 2.21. The van der Waals surface area contributed by atoms with Crippen molar-refractivity contribution < 1.29 is 14.6 Å². The van der Waals surface area contributed by atoms with Crippen LogP contribution in [0.25, 0.3) is 0 Å². The number of hydrogen-bond acceptors (Lipinski definition) is 4. The van der Waals surface area contributed by atoms with Crippen LogP contribution in [0.1, 0.15) is 12.8 Å². The first-order valence-corrected chi connectivity index (χ1v) is 6.66. The van der Waals surface area contributed by atoms with Crippen molar-refractivity contribution in [3.05, 3.63) is 24.3 Å². The van der Waals surface area contributed by atoms with Crippen LogP contribution >= 0.6 is 0 Å². The van der Waals surface area contributed by atoms with E-state index in [1.807, 2.05) is 0 Å². The van der Waals surface area contributed by atoms with E-state index >= 15 is 0 Å². The normalized spacial score (nSPS) is 17.5. The lowest BCUT2D eigenvalue weighted by Gasteiger charge is -2.35. The van der Waals surface area contributed by atoms with E-state index in [-0.39, 0.29) is 12.6 Å². The van der Waals surface area contributed by atoms with Crippen LogP contribution in [0.5, 0.6) is 0 Å². The first kappa shape index (κ1) is 14.6. The first-order valence-electron chi connectivity index (χ1n) is 6.66. The van der Waals surface area contributed by atoms with Gasteiger partial charge in [-0.05, 0) is 24.3 Å². The molecule has 1 fully saturated rings. The third-order valence-corrected chi connectivity index (χ3v) is 3.46. The van der Waals surface area contributed by atoms with E-state index in [4.69, 9.17) is 10.5 Å². The summed E-state index contributed by atoms with van der Waals surface area (Å²) in [5, 5.41) is 13.1. The van der Waals surface area contributed by atoms with Gasteiger partial charge in [0.25, 0.3) is 0 Å². The van der Waals surface area contributed by atoms with E-state index in [2.05, 4.69) is 5.32 Å². The zero-order valence-corrected chi connectivity index (χ0v) is 11.6. The van der Waals surface area contributed by atoms with E-state index in [9.17, 15) is 9.90 Å². The second-order valence-electron chi connectivity index (χ2n) is 5.24. The molecule has 2 amide bonds. The Bertz CT molecular complexity index is 455. The van der Waals surface area contributed by atoms with Crippen LogP contribution in [0.4, 0.5) is 16.2 Å². The lowest BCUT2D eigenvalue weighted by atomic mass is 9.94. The summed E-state index contributed by atoms with van der Waals surface area (Å²) in [4.78, 5) is 13.5. The molecule has 1 aromatic rings. The first-order chi connectivity index (χ1) is 9.48. The molecule has 0 spiro atoms. The molecule has 6 nitrogen and oxygen atoms in total. The third kappa shape index (κ3) is 3.85. The van der Waals surface area contributed by atoms with Crippen molar-refractivity contribution in [3.63, 3.8) is 0 Å². The SMILES string of the molecule is CN(CC1(O)CCOCC1)C(=O)Nc1ccc(N)cc1. The summed E-state index contributed by atoms with van der Waals surface area (Å²) in [7, 11) is 1.67. The zero-order valence-electron chi connectivity index (χ0n) is 11.6. The van der Waals surface area contributed by atoms with Crippen molar-refractivity contribution in [1.82, 2.24) is 4.90 Å². The quantitative estimate of drug-likeness (QED) is 0.727. The number of nitrogens with zero attached hydrogens (tertiary/aromatic N) is 1. The fourth-order valence-corrected chi connectivity index (χ4v) is 2.21. The summed E-state index contributed by atoms with van der Waals surface area (Å²) < 4.78 is 5.22. The van der Waals surface area contributed by atoms with E-state index in [0.717, 1.165) is 0 Å². The molecular weight excluding hydrogens is 258 g/mol. The Morgan fingerprint density at radius 3 is 2.60 bits per heavy atom. The molecule has 0 aliphatic carbocycles. The maximum absolute atomic E-state index is 12.1. The zero-order chi connectivity index (χ0) is 14.6. The van der Waals surface area contributed by atoms with Crippen molar-refractivity contribution in [2.75, 3.05) is 37.9 Å². The van der Waals surface area contributed by atoms with Gasteiger partial charge in [-0.15, -0.1) is 0 Å². The van der Waals surface area contributed by atoms with Crippen LogP contribution in [0, 0.1) is 0 Å². The Labute approximate surface area is 118 Å². The van der Waals surface area contributed by atoms with Crippen LogP contribution in [0.3, 0.4) is 0 Å². The highest BCUT2D eigenvalue weighted by molar-refractivity contribution is 5.89. The molecule has 1 aromatic carbocycles. The number of hydrogen-bond donors (Lipinski definition) is 3. The van der Waals surface area contributed by atoms with Crippen LogP contribution in [0.15, 0.2) is 24.3 Å². The van der Waals surface area contributed by atoms with Crippen molar-refractivity contribution in [2.45, 2.75) is 18.4 Å². The summed E-state index contributed by atoms with van der Waals surface area (Å²) in [6.07, 6.45) is 1.10. The average molecular weight is 279 g/mol. The van der Waals surface area contributed by atoms with Gasteiger partial charge < -0.3 is 25.8 Å². The molecule has 0 atom stereocenters. The second kappa shape index (κ2) is 6.11. The maximum atomic E-state index is 12.1. The molecule has 2 rings (SSSR count). The minimum absolute atomic E-state index is 0.255. The van der Waals surface area contributed by atoms with Crippen molar-refractivity contribution in [2.24, 2.45) is 0 Å². The Kier molecular flexibility index (Phi) is 4.46. The van der Waals surface area contributed by atoms with Gasteiger partial charge in [0.05, 0.1) is 12.1 Å². The van der Waals surface area contributed by atoms with Crippen LogP contribution in [-0.4, -0.2) is 48.4 Å². The Morgan fingerprint density at radius 2 is 2.00 bits per heavy atom. The highest BCUT2D eigenvalue weighted by Gasteiger charge is 2.32. The molecule has 20 heavy (non-hydrogen) atoms. The van der Waals surface area contributed by atoms with E-state index in [1.54, 1.807) is 31.3 Å². The van der Waals surface area contributed by atoms with Gasteiger partial charge >= 0.3 is 6.03 Å². The van der Waals surface area contributed by atoms with E-state index in [1.165, 1.54) is 4.90 Å². The molecule has 1 saturated heterocycles. The van der Waals surface area contributed by atoms with Gasteiger partial charge in [-0.3, -0.25) is 0 Å². The minimum atomic E-state index is -0.856. The third-order valence-electron chi connectivity index (χ3n) is 3.46. The fourth-order valence-electron chi connectivity index (χ4n) is 2.21. The Hall–Kier alpha value is -1.79. The number of nitrogens with one attached hydrogen (secondary N) is 1. The number of amides is 2. The number of nitrogens with two attached hydrogens (primary N) is 1. The summed E-state index contributed by atoms with van der Waals surface area (Å²) in [6, 6.07) is 6.67.